The zero-order valence-corrected chi connectivity index (χ0v) is 18.0. The molecule has 4 aromatic rings. The summed E-state index contributed by atoms with van der Waals surface area (Å²) in [6.45, 7) is 8.68. The summed E-state index contributed by atoms with van der Waals surface area (Å²) in [5.41, 5.74) is 3.47. The molecule has 4 heteroatoms. The van der Waals surface area contributed by atoms with Gasteiger partial charge in [-0.05, 0) is 60.6 Å². The van der Waals surface area contributed by atoms with E-state index in [0.29, 0.717) is 0 Å². The van der Waals surface area contributed by atoms with Crippen LogP contribution in [0.25, 0.3) is 21.8 Å². The maximum absolute atomic E-state index is 6.32. The number of hydrogen-bond acceptors (Lipinski definition) is 2. The molecule has 0 bridgehead atoms. The fraction of sp³-hybridized carbons (Fsp3) is 0.320. The quantitative estimate of drug-likeness (QED) is 0.349. The summed E-state index contributed by atoms with van der Waals surface area (Å²) in [6.07, 6.45) is 1.92. The third-order valence-electron chi connectivity index (χ3n) is 5.77. The molecule has 0 unspecified atom stereocenters. The van der Waals surface area contributed by atoms with E-state index in [2.05, 4.69) is 65.8 Å². The van der Waals surface area contributed by atoms with Gasteiger partial charge in [-0.25, -0.2) is 4.98 Å². The van der Waals surface area contributed by atoms with Crippen molar-refractivity contribution < 1.29 is 0 Å². The predicted octanol–water partition coefficient (Wildman–Crippen LogP) is 6.17. The Morgan fingerprint density at radius 3 is 2.59 bits per heavy atom. The van der Waals surface area contributed by atoms with Crippen LogP contribution in [-0.2, 0) is 13.0 Å². The number of halogens is 1. The molecule has 0 aliphatic heterocycles. The van der Waals surface area contributed by atoms with Crippen molar-refractivity contribution in [3.8, 4) is 0 Å². The van der Waals surface area contributed by atoms with E-state index in [1.807, 2.05) is 18.2 Å². The second kappa shape index (κ2) is 8.98. The first kappa shape index (κ1) is 19.9. The van der Waals surface area contributed by atoms with Gasteiger partial charge in [0.1, 0.15) is 5.82 Å². The molecule has 0 fully saturated rings. The van der Waals surface area contributed by atoms with Crippen molar-refractivity contribution in [3.05, 3.63) is 77.1 Å². The van der Waals surface area contributed by atoms with E-state index in [1.165, 1.54) is 16.3 Å². The highest BCUT2D eigenvalue weighted by molar-refractivity contribution is 6.31. The fourth-order valence-corrected chi connectivity index (χ4v) is 4.31. The molecule has 0 saturated heterocycles. The molecule has 0 atom stereocenters. The number of hydrogen-bond donors (Lipinski definition) is 0. The largest absolute Gasteiger partial charge is 0.328 e. The average Bonchev–Trinajstić information content (AvgIpc) is 3.08. The third-order valence-corrected chi connectivity index (χ3v) is 6.00. The normalized spacial score (nSPS) is 11.7. The van der Waals surface area contributed by atoms with Gasteiger partial charge in [-0.15, -0.1) is 0 Å². The van der Waals surface area contributed by atoms with Gasteiger partial charge in [-0.1, -0.05) is 67.9 Å². The van der Waals surface area contributed by atoms with Gasteiger partial charge in [0, 0.05) is 18.0 Å². The van der Waals surface area contributed by atoms with Crippen molar-refractivity contribution in [1.82, 2.24) is 14.5 Å². The van der Waals surface area contributed by atoms with Crippen LogP contribution >= 0.6 is 11.6 Å². The lowest BCUT2D eigenvalue weighted by Gasteiger charge is -2.18. The first-order valence-corrected chi connectivity index (χ1v) is 10.9. The predicted molar refractivity (Wildman–Crippen MR) is 124 cm³/mol. The SMILES string of the molecule is CCN(CC)CCCn1c(Cc2cccc3ccccc23)nc2ccc(Cl)cc21. The molecule has 0 amide bonds. The Balaban J connectivity index is 1.69. The number of rotatable bonds is 8. The Morgan fingerprint density at radius 1 is 0.966 bits per heavy atom. The lowest BCUT2D eigenvalue weighted by Crippen LogP contribution is -2.25. The van der Waals surface area contributed by atoms with Crippen LogP contribution in [0.1, 0.15) is 31.7 Å². The summed E-state index contributed by atoms with van der Waals surface area (Å²) in [5.74, 6) is 1.11. The maximum atomic E-state index is 6.32. The highest BCUT2D eigenvalue weighted by atomic mass is 35.5. The summed E-state index contributed by atoms with van der Waals surface area (Å²) < 4.78 is 2.37. The second-order valence-corrected chi connectivity index (χ2v) is 7.94. The highest BCUT2D eigenvalue weighted by Crippen LogP contribution is 2.25. The molecule has 1 heterocycles. The zero-order chi connectivity index (χ0) is 20.2. The van der Waals surface area contributed by atoms with Gasteiger partial charge in [0.05, 0.1) is 11.0 Å². The van der Waals surface area contributed by atoms with Crippen LogP contribution in [0.5, 0.6) is 0 Å². The average molecular weight is 406 g/mol. The summed E-state index contributed by atoms with van der Waals surface area (Å²) in [5, 5.41) is 3.34. The van der Waals surface area contributed by atoms with E-state index in [9.17, 15) is 0 Å². The van der Waals surface area contributed by atoms with Gasteiger partial charge in [-0.3, -0.25) is 0 Å². The van der Waals surface area contributed by atoms with Crippen LogP contribution < -0.4 is 0 Å². The number of aromatic nitrogens is 2. The topological polar surface area (TPSA) is 21.1 Å². The van der Waals surface area contributed by atoms with Crippen LogP contribution in [-0.4, -0.2) is 34.1 Å². The second-order valence-electron chi connectivity index (χ2n) is 7.51. The molecule has 150 valence electrons. The Kier molecular flexibility index (Phi) is 6.17. The Labute approximate surface area is 177 Å². The molecular formula is C25H28ClN3. The van der Waals surface area contributed by atoms with E-state index in [1.54, 1.807) is 0 Å². The van der Waals surface area contributed by atoms with Crippen LogP contribution in [0.15, 0.2) is 60.7 Å². The molecular weight excluding hydrogens is 378 g/mol. The van der Waals surface area contributed by atoms with Crippen molar-refractivity contribution in [2.24, 2.45) is 0 Å². The molecule has 0 N–H and O–H groups in total. The van der Waals surface area contributed by atoms with E-state index >= 15 is 0 Å². The number of fused-ring (bicyclic) bond motifs is 2. The van der Waals surface area contributed by atoms with Gasteiger partial charge >= 0.3 is 0 Å². The van der Waals surface area contributed by atoms with Crippen LogP contribution in [0.2, 0.25) is 5.02 Å². The van der Waals surface area contributed by atoms with Gasteiger partial charge in [0.15, 0.2) is 0 Å². The Morgan fingerprint density at radius 2 is 1.76 bits per heavy atom. The van der Waals surface area contributed by atoms with Crippen molar-refractivity contribution in [1.29, 1.82) is 0 Å². The maximum Gasteiger partial charge on any atom is 0.114 e. The molecule has 0 saturated carbocycles. The van der Waals surface area contributed by atoms with Gasteiger partial charge in [-0.2, -0.15) is 0 Å². The molecule has 0 radical (unpaired) electrons. The van der Waals surface area contributed by atoms with E-state index in [0.717, 1.165) is 60.9 Å². The molecule has 0 spiro atoms. The molecule has 3 nitrogen and oxygen atoms in total. The Hall–Kier alpha value is -2.36. The van der Waals surface area contributed by atoms with Crippen LogP contribution in [0.4, 0.5) is 0 Å². The number of aryl methyl sites for hydroxylation is 1. The minimum absolute atomic E-state index is 0.763. The first-order chi connectivity index (χ1) is 14.2. The van der Waals surface area contributed by atoms with Gasteiger partial charge in [0.2, 0.25) is 0 Å². The van der Waals surface area contributed by atoms with Crippen molar-refractivity contribution in [3.63, 3.8) is 0 Å². The number of benzene rings is 3. The lowest BCUT2D eigenvalue weighted by atomic mass is 10.0. The van der Waals surface area contributed by atoms with Crippen molar-refractivity contribution in [2.75, 3.05) is 19.6 Å². The lowest BCUT2D eigenvalue weighted by molar-refractivity contribution is 0.293. The summed E-state index contributed by atoms with van der Waals surface area (Å²) >= 11 is 6.32. The molecule has 3 aromatic carbocycles. The smallest absolute Gasteiger partial charge is 0.114 e. The van der Waals surface area contributed by atoms with Crippen LogP contribution in [0, 0.1) is 0 Å². The fourth-order valence-electron chi connectivity index (χ4n) is 4.14. The third kappa shape index (κ3) is 4.31. The first-order valence-electron chi connectivity index (χ1n) is 10.5. The molecule has 0 aliphatic carbocycles. The van der Waals surface area contributed by atoms with Crippen molar-refractivity contribution in [2.45, 2.75) is 33.2 Å². The van der Waals surface area contributed by atoms with Crippen LogP contribution in [0.3, 0.4) is 0 Å². The minimum Gasteiger partial charge on any atom is -0.328 e. The summed E-state index contributed by atoms with van der Waals surface area (Å²) in [4.78, 5) is 7.45. The highest BCUT2D eigenvalue weighted by Gasteiger charge is 2.13. The molecule has 0 aliphatic rings. The van der Waals surface area contributed by atoms with E-state index in [4.69, 9.17) is 16.6 Å². The molecule has 4 rings (SSSR count). The zero-order valence-electron chi connectivity index (χ0n) is 17.2. The Bertz CT molecular complexity index is 1110. The summed E-state index contributed by atoms with van der Waals surface area (Å²) in [7, 11) is 0. The minimum atomic E-state index is 0.763. The molecule has 1 aromatic heterocycles. The van der Waals surface area contributed by atoms with E-state index < -0.39 is 0 Å². The molecule has 29 heavy (non-hydrogen) atoms. The van der Waals surface area contributed by atoms with Gasteiger partial charge in [0.25, 0.3) is 0 Å². The number of imidazole rings is 1. The standard InChI is InChI=1S/C25H28ClN3/c1-3-28(4-2)15-8-16-29-24-18-21(26)13-14-23(24)27-25(29)17-20-11-7-10-19-9-5-6-12-22(19)20/h5-7,9-14,18H,3-4,8,15-17H2,1-2H3. The van der Waals surface area contributed by atoms with Crippen molar-refractivity contribution >= 4 is 33.4 Å². The van der Waals surface area contributed by atoms with Gasteiger partial charge < -0.3 is 9.47 Å². The van der Waals surface area contributed by atoms with E-state index in [-0.39, 0.29) is 0 Å². The summed E-state index contributed by atoms with van der Waals surface area (Å²) in [6, 6.07) is 21.1. The number of nitrogens with zero attached hydrogens (tertiary/aromatic N) is 3. The monoisotopic (exact) mass is 405 g/mol.